The number of isocyanates is 1. The van der Waals surface area contributed by atoms with Crippen molar-refractivity contribution in [2.24, 2.45) is 4.99 Å². The third kappa shape index (κ3) is 1.22. The summed E-state index contributed by atoms with van der Waals surface area (Å²) in [5.74, 6) is 0. The van der Waals surface area contributed by atoms with Gasteiger partial charge in [-0.15, -0.1) is 0 Å². The quantitative estimate of drug-likeness (QED) is 0.505. The number of hydrogen-bond donors (Lipinski definition) is 0. The molecule has 0 spiro atoms. The molecule has 14 heavy (non-hydrogen) atoms. The normalized spacial score (nSPS) is 10.1. The van der Waals surface area contributed by atoms with Crippen LogP contribution in [0, 0.1) is 13.8 Å². The number of fused-ring (bicyclic) bond motifs is 1. The zero-order chi connectivity index (χ0) is 10.1. The Bertz CT molecular complexity index is 536. The fraction of sp³-hybridized carbons (Fsp3) is 0.200. The maximum atomic E-state index is 10.1. The molecule has 0 aliphatic rings. The van der Waals surface area contributed by atoms with Crippen LogP contribution in [0.1, 0.15) is 11.4 Å². The van der Waals surface area contributed by atoms with Crippen LogP contribution in [-0.2, 0) is 4.79 Å². The highest BCUT2D eigenvalue weighted by Crippen LogP contribution is 2.16. The van der Waals surface area contributed by atoms with E-state index in [1.54, 1.807) is 12.3 Å². The number of carbonyl (C=O) groups excluding carboxylic acids is 1. The van der Waals surface area contributed by atoms with Gasteiger partial charge in [0.05, 0.1) is 11.4 Å². The summed E-state index contributed by atoms with van der Waals surface area (Å²) in [6.45, 7) is 3.93. The van der Waals surface area contributed by atoms with Gasteiger partial charge in [0.25, 0.3) is 0 Å². The minimum Gasteiger partial charge on any atom is -0.302 e. The lowest BCUT2D eigenvalue weighted by atomic mass is 10.4. The summed E-state index contributed by atoms with van der Waals surface area (Å²) in [6.07, 6.45) is 3.29. The second-order valence-electron chi connectivity index (χ2n) is 3.10. The van der Waals surface area contributed by atoms with Gasteiger partial charge in [0.15, 0.2) is 0 Å². The van der Waals surface area contributed by atoms with E-state index < -0.39 is 0 Å². The molecule has 0 radical (unpaired) electrons. The summed E-state index contributed by atoms with van der Waals surface area (Å²) in [4.78, 5) is 18.0. The van der Waals surface area contributed by atoms with E-state index in [1.807, 2.05) is 24.3 Å². The average molecular weight is 187 g/mol. The van der Waals surface area contributed by atoms with Crippen molar-refractivity contribution < 1.29 is 4.79 Å². The lowest BCUT2D eigenvalue weighted by Gasteiger charge is -1.96. The van der Waals surface area contributed by atoms with Gasteiger partial charge in [0, 0.05) is 11.9 Å². The molecule has 2 rings (SSSR count). The Hall–Kier alpha value is -1.93. The van der Waals surface area contributed by atoms with Gasteiger partial charge < -0.3 is 4.40 Å². The molecule has 4 heteroatoms. The van der Waals surface area contributed by atoms with Crippen molar-refractivity contribution in [2.45, 2.75) is 13.8 Å². The molecule has 0 fully saturated rings. The van der Waals surface area contributed by atoms with Gasteiger partial charge >= 0.3 is 0 Å². The van der Waals surface area contributed by atoms with Crippen molar-refractivity contribution in [3.8, 4) is 0 Å². The first-order valence-corrected chi connectivity index (χ1v) is 4.25. The summed E-state index contributed by atoms with van der Waals surface area (Å²) in [5.41, 5.74) is 3.50. The molecular formula is C10H9N3O. The second-order valence-corrected chi connectivity index (χ2v) is 3.10. The lowest BCUT2D eigenvalue weighted by Crippen LogP contribution is -1.86. The summed E-state index contributed by atoms with van der Waals surface area (Å²) in [6, 6.07) is 3.57. The van der Waals surface area contributed by atoms with Gasteiger partial charge in [-0.05, 0) is 26.0 Å². The van der Waals surface area contributed by atoms with Crippen LogP contribution >= 0.6 is 0 Å². The molecule has 0 amide bonds. The molecular weight excluding hydrogens is 178 g/mol. The molecule has 0 atom stereocenters. The number of pyridine rings is 1. The van der Waals surface area contributed by atoms with E-state index in [2.05, 4.69) is 9.98 Å². The molecule has 0 bridgehead atoms. The molecule has 70 valence electrons. The number of aliphatic imine (C=N–C) groups is 1. The monoisotopic (exact) mass is 187 g/mol. The Labute approximate surface area is 80.9 Å². The maximum Gasteiger partial charge on any atom is 0.240 e. The van der Waals surface area contributed by atoms with Crippen LogP contribution in [0.5, 0.6) is 0 Å². The van der Waals surface area contributed by atoms with Crippen molar-refractivity contribution in [3.05, 3.63) is 29.7 Å². The van der Waals surface area contributed by atoms with Crippen LogP contribution in [0.2, 0.25) is 0 Å². The SMILES string of the molecule is Cc1nc2ccc(N=C=O)cn2c1C. The van der Waals surface area contributed by atoms with Gasteiger partial charge in [0.2, 0.25) is 6.08 Å². The molecule has 2 heterocycles. The molecule has 0 unspecified atom stereocenters. The minimum atomic E-state index is 0.591. The van der Waals surface area contributed by atoms with Crippen molar-refractivity contribution >= 4 is 17.4 Å². The highest BCUT2D eigenvalue weighted by molar-refractivity contribution is 5.53. The first-order chi connectivity index (χ1) is 6.72. The van der Waals surface area contributed by atoms with Crippen molar-refractivity contribution in [3.63, 3.8) is 0 Å². The van der Waals surface area contributed by atoms with Crippen LogP contribution in [0.15, 0.2) is 23.3 Å². The molecule has 0 aliphatic heterocycles. The first kappa shape index (κ1) is 8.66. The van der Waals surface area contributed by atoms with Crippen molar-refractivity contribution in [2.75, 3.05) is 0 Å². The Morgan fingerprint density at radius 3 is 2.93 bits per heavy atom. The van der Waals surface area contributed by atoms with Crippen molar-refractivity contribution in [1.82, 2.24) is 9.38 Å². The van der Waals surface area contributed by atoms with E-state index in [1.165, 1.54) is 6.08 Å². The van der Waals surface area contributed by atoms with Crippen LogP contribution in [0.4, 0.5) is 5.69 Å². The Balaban J connectivity index is 2.75. The van der Waals surface area contributed by atoms with Crippen molar-refractivity contribution in [1.29, 1.82) is 0 Å². The molecule has 2 aromatic heterocycles. The molecule has 0 aliphatic carbocycles. The van der Waals surface area contributed by atoms with Gasteiger partial charge in [-0.1, -0.05) is 0 Å². The highest BCUT2D eigenvalue weighted by atomic mass is 16.1. The fourth-order valence-corrected chi connectivity index (χ4v) is 1.39. The van der Waals surface area contributed by atoms with Gasteiger partial charge in [-0.3, -0.25) is 0 Å². The summed E-state index contributed by atoms with van der Waals surface area (Å²) >= 11 is 0. The second kappa shape index (κ2) is 3.09. The first-order valence-electron chi connectivity index (χ1n) is 4.25. The van der Waals surface area contributed by atoms with E-state index in [4.69, 9.17) is 0 Å². The molecule has 0 aromatic carbocycles. The van der Waals surface area contributed by atoms with Crippen LogP contribution in [-0.4, -0.2) is 15.5 Å². The number of aromatic nitrogens is 2. The Morgan fingerprint density at radius 2 is 2.21 bits per heavy atom. The number of nitrogens with zero attached hydrogens (tertiary/aromatic N) is 3. The van der Waals surface area contributed by atoms with Gasteiger partial charge in [-0.25, -0.2) is 9.78 Å². The van der Waals surface area contributed by atoms with E-state index >= 15 is 0 Å². The maximum absolute atomic E-state index is 10.1. The Kier molecular flexibility index (Phi) is 1.91. The predicted octanol–water partition coefficient (Wildman–Crippen LogP) is 1.92. The van der Waals surface area contributed by atoms with Crippen LogP contribution < -0.4 is 0 Å². The lowest BCUT2D eigenvalue weighted by molar-refractivity contribution is 0.565. The minimum absolute atomic E-state index is 0.591. The van der Waals surface area contributed by atoms with Gasteiger partial charge in [-0.2, -0.15) is 4.99 Å². The zero-order valence-corrected chi connectivity index (χ0v) is 7.98. The fourth-order valence-electron chi connectivity index (χ4n) is 1.39. The van der Waals surface area contributed by atoms with E-state index in [0.717, 1.165) is 17.0 Å². The summed E-state index contributed by atoms with van der Waals surface area (Å²) in [5, 5.41) is 0. The number of imidazole rings is 1. The standard InChI is InChI=1S/C10H9N3O/c1-7-8(2)13-5-9(11-6-14)3-4-10(13)12-7/h3-5H,1-2H3. The molecule has 4 nitrogen and oxygen atoms in total. The highest BCUT2D eigenvalue weighted by Gasteiger charge is 2.03. The van der Waals surface area contributed by atoms with Crippen LogP contribution in [0.25, 0.3) is 5.65 Å². The number of hydrogen-bond acceptors (Lipinski definition) is 3. The van der Waals surface area contributed by atoms with E-state index in [-0.39, 0.29) is 0 Å². The third-order valence-corrected chi connectivity index (χ3v) is 2.25. The zero-order valence-electron chi connectivity index (χ0n) is 7.98. The average Bonchev–Trinajstić information content (AvgIpc) is 2.45. The predicted molar refractivity (Wildman–Crippen MR) is 52.4 cm³/mol. The molecule has 2 aromatic rings. The smallest absolute Gasteiger partial charge is 0.240 e. The number of rotatable bonds is 1. The largest absolute Gasteiger partial charge is 0.302 e. The summed E-state index contributed by atoms with van der Waals surface area (Å²) < 4.78 is 1.91. The van der Waals surface area contributed by atoms with Crippen LogP contribution in [0.3, 0.4) is 0 Å². The summed E-state index contributed by atoms with van der Waals surface area (Å²) in [7, 11) is 0. The topological polar surface area (TPSA) is 46.7 Å². The molecule has 0 saturated carbocycles. The number of aryl methyl sites for hydroxylation is 2. The third-order valence-electron chi connectivity index (χ3n) is 2.25. The molecule has 0 N–H and O–H groups in total. The molecule has 0 saturated heterocycles. The van der Waals surface area contributed by atoms with E-state index in [0.29, 0.717) is 5.69 Å². The Morgan fingerprint density at radius 1 is 1.43 bits per heavy atom. The van der Waals surface area contributed by atoms with Gasteiger partial charge in [0.1, 0.15) is 5.65 Å². The van der Waals surface area contributed by atoms with E-state index in [9.17, 15) is 4.79 Å².